The number of carbonyl (C=O) groups is 1. The van der Waals surface area contributed by atoms with E-state index in [-0.39, 0.29) is 18.9 Å². The van der Waals surface area contributed by atoms with Crippen LogP contribution in [0.2, 0.25) is 5.02 Å². The van der Waals surface area contributed by atoms with Crippen LogP contribution in [-0.4, -0.2) is 35.9 Å². The molecule has 0 aromatic heterocycles. The standard InChI is InChI=1S/C14H17ClF2N2O/c1-9(10-2-4-11(15)5-3-10)12(18)13(20)19-7-6-14(16,17)8-19/h2-5,9,12H,6-8,18H2,1H3/t9-,12-/m0/s1. The first-order valence-electron chi connectivity index (χ1n) is 6.48. The fraction of sp³-hybridized carbons (Fsp3) is 0.500. The highest BCUT2D eigenvalue weighted by Crippen LogP contribution is 2.28. The average molecular weight is 303 g/mol. The number of hydrogen-bond donors (Lipinski definition) is 1. The molecule has 2 rings (SSSR count). The highest BCUT2D eigenvalue weighted by Gasteiger charge is 2.42. The molecular weight excluding hydrogens is 286 g/mol. The van der Waals surface area contributed by atoms with Crippen LogP contribution in [0.25, 0.3) is 0 Å². The van der Waals surface area contributed by atoms with Gasteiger partial charge in [0.25, 0.3) is 5.92 Å². The molecular formula is C14H17ClF2N2O. The Balaban J connectivity index is 2.05. The van der Waals surface area contributed by atoms with Crippen molar-refractivity contribution in [2.75, 3.05) is 13.1 Å². The van der Waals surface area contributed by atoms with E-state index in [1.807, 2.05) is 0 Å². The van der Waals surface area contributed by atoms with Gasteiger partial charge in [0.05, 0.1) is 12.6 Å². The van der Waals surface area contributed by atoms with Crippen molar-refractivity contribution in [1.82, 2.24) is 4.90 Å². The lowest BCUT2D eigenvalue weighted by Gasteiger charge is -2.25. The molecule has 0 saturated carbocycles. The first kappa shape index (κ1) is 15.2. The van der Waals surface area contributed by atoms with Crippen LogP contribution in [0.1, 0.15) is 24.8 Å². The minimum absolute atomic E-state index is 0.0624. The molecule has 2 N–H and O–H groups in total. The van der Waals surface area contributed by atoms with Gasteiger partial charge in [-0.2, -0.15) is 0 Å². The third-order valence-corrected chi connectivity index (χ3v) is 3.95. The second-order valence-corrected chi connectivity index (χ2v) is 5.67. The minimum Gasteiger partial charge on any atom is -0.335 e. The van der Waals surface area contributed by atoms with Crippen LogP contribution in [0.4, 0.5) is 8.78 Å². The Kier molecular flexibility index (Phi) is 4.30. The summed E-state index contributed by atoms with van der Waals surface area (Å²) in [5, 5.41) is 0.597. The number of alkyl halides is 2. The molecule has 1 fully saturated rings. The van der Waals surface area contributed by atoms with E-state index >= 15 is 0 Å². The molecule has 0 unspecified atom stereocenters. The molecule has 6 heteroatoms. The van der Waals surface area contributed by atoms with Crippen LogP contribution >= 0.6 is 11.6 Å². The molecule has 1 heterocycles. The van der Waals surface area contributed by atoms with Crippen molar-refractivity contribution in [2.24, 2.45) is 5.73 Å². The second kappa shape index (κ2) is 5.66. The Morgan fingerprint density at radius 1 is 1.40 bits per heavy atom. The summed E-state index contributed by atoms with van der Waals surface area (Å²) in [6.45, 7) is 1.33. The zero-order chi connectivity index (χ0) is 14.9. The summed E-state index contributed by atoms with van der Waals surface area (Å²) in [7, 11) is 0. The molecule has 2 atom stereocenters. The van der Waals surface area contributed by atoms with Crippen LogP contribution in [0.5, 0.6) is 0 Å². The SMILES string of the molecule is C[C@@H](c1ccc(Cl)cc1)[C@H](N)C(=O)N1CCC(F)(F)C1. The summed E-state index contributed by atoms with van der Waals surface area (Å²) >= 11 is 5.80. The number of rotatable bonds is 3. The van der Waals surface area contributed by atoms with Gasteiger partial charge in [0.15, 0.2) is 0 Å². The quantitative estimate of drug-likeness (QED) is 0.933. The predicted molar refractivity (Wildman–Crippen MR) is 74.0 cm³/mol. The van der Waals surface area contributed by atoms with Crippen molar-refractivity contribution in [3.05, 3.63) is 34.9 Å². The molecule has 1 saturated heterocycles. The molecule has 110 valence electrons. The molecule has 0 bridgehead atoms. The number of amides is 1. The normalized spacial score (nSPS) is 20.8. The van der Waals surface area contributed by atoms with E-state index in [0.29, 0.717) is 5.02 Å². The summed E-state index contributed by atoms with van der Waals surface area (Å²) in [5.41, 5.74) is 6.79. The van der Waals surface area contributed by atoms with Gasteiger partial charge in [-0.1, -0.05) is 30.7 Å². The predicted octanol–water partition coefficient (Wildman–Crippen LogP) is 2.64. The summed E-state index contributed by atoms with van der Waals surface area (Å²) in [6.07, 6.45) is -0.291. The number of benzene rings is 1. The molecule has 1 amide bonds. The minimum atomic E-state index is -2.79. The average Bonchev–Trinajstić information content (AvgIpc) is 2.77. The molecule has 20 heavy (non-hydrogen) atoms. The monoisotopic (exact) mass is 302 g/mol. The summed E-state index contributed by atoms with van der Waals surface area (Å²) in [6, 6.07) is 6.19. The Morgan fingerprint density at radius 2 is 2.00 bits per heavy atom. The topological polar surface area (TPSA) is 46.3 Å². The lowest BCUT2D eigenvalue weighted by atomic mass is 9.93. The fourth-order valence-electron chi connectivity index (χ4n) is 2.32. The van der Waals surface area contributed by atoms with E-state index in [0.717, 1.165) is 10.5 Å². The number of nitrogens with zero attached hydrogens (tertiary/aromatic N) is 1. The largest absolute Gasteiger partial charge is 0.335 e. The zero-order valence-electron chi connectivity index (χ0n) is 11.2. The van der Waals surface area contributed by atoms with Gasteiger partial charge in [0.1, 0.15) is 0 Å². The van der Waals surface area contributed by atoms with E-state index < -0.39 is 24.4 Å². The van der Waals surface area contributed by atoms with Gasteiger partial charge in [-0.05, 0) is 17.7 Å². The number of nitrogens with two attached hydrogens (primary N) is 1. The Labute approximate surface area is 121 Å². The lowest BCUT2D eigenvalue weighted by Crippen LogP contribution is -2.46. The van der Waals surface area contributed by atoms with Crippen LogP contribution in [0.15, 0.2) is 24.3 Å². The zero-order valence-corrected chi connectivity index (χ0v) is 11.9. The Bertz CT molecular complexity index is 492. The van der Waals surface area contributed by atoms with Crippen molar-refractivity contribution >= 4 is 17.5 Å². The Morgan fingerprint density at radius 3 is 2.50 bits per heavy atom. The van der Waals surface area contributed by atoms with E-state index in [1.54, 1.807) is 31.2 Å². The number of likely N-dealkylation sites (tertiary alicyclic amines) is 1. The first-order valence-corrected chi connectivity index (χ1v) is 6.85. The van der Waals surface area contributed by atoms with Gasteiger partial charge < -0.3 is 10.6 Å². The van der Waals surface area contributed by atoms with Crippen molar-refractivity contribution in [2.45, 2.75) is 31.2 Å². The number of halogens is 3. The maximum atomic E-state index is 13.1. The smallest absolute Gasteiger partial charge is 0.267 e. The summed E-state index contributed by atoms with van der Waals surface area (Å²) < 4.78 is 26.3. The number of carbonyl (C=O) groups excluding carboxylic acids is 1. The van der Waals surface area contributed by atoms with Gasteiger partial charge in [-0.25, -0.2) is 8.78 Å². The van der Waals surface area contributed by atoms with Gasteiger partial charge in [0.2, 0.25) is 5.91 Å². The molecule has 1 aromatic carbocycles. The van der Waals surface area contributed by atoms with Crippen molar-refractivity contribution < 1.29 is 13.6 Å². The highest BCUT2D eigenvalue weighted by atomic mass is 35.5. The van der Waals surface area contributed by atoms with E-state index in [2.05, 4.69) is 0 Å². The molecule has 0 radical (unpaired) electrons. The van der Waals surface area contributed by atoms with Gasteiger partial charge in [-0.15, -0.1) is 0 Å². The van der Waals surface area contributed by atoms with E-state index in [9.17, 15) is 13.6 Å². The summed E-state index contributed by atoms with van der Waals surface area (Å²) in [5.74, 6) is -3.47. The van der Waals surface area contributed by atoms with Crippen LogP contribution in [0, 0.1) is 0 Å². The van der Waals surface area contributed by atoms with Crippen molar-refractivity contribution in [1.29, 1.82) is 0 Å². The van der Waals surface area contributed by atoms with Crippen LogP contribution in [0.3, 0.4) is 0 Å². The maximum Gasteiger partial charge on any atom is 0.267 e. The number of hydrogen-bond acceptors (Lipinski definition) is 2. The first-order chi connectivity index (χ1) is 9.30. The van der Waals surface area contributed by atoms with Crippen LogP contribution < -0.4 is 5.73 Å². The third kappa shape index (κ3) is 3.27. The lowest BCUT2D eigenvalue weighted by molar-refractivity contribution is -0.133. The van der Waals surface area contributed by atoms with Gasteiger partial charge in [0, 0.05) is 23.9 Å². The van der Waals surface area contributed by atoms with Crippen molar-refractivity contribution in [3.63, 3.8) is 0 Å². The Hall–Kier alpha value is -1.20. The maximum absolute atomic E-state index is 13.1. The van der Waals surface area contributed by atoms with E-state index in [4.69, 9.17) is 17.3 Å². The second-order valence-electron chi connectivity index (χ2n) is 5.23. The molecule has 1 aliphatic rings. The van der Waals surface area contributed by atoms with Crippen molar-refractivity contribution in [3.8, 4) is 0 Å². The van der Waals surface area contributed by atoms with Gasteiger partial charge >= 0.3 is 0 Å². The van der Waals surface area contributed by atoms with E-state index in [1.165, 1.54) is 0 Å². The summed E-state index contributed by atoms with van der Waals surface area (Å²) in [4.78, 5) is 13.3. The van der Waals surface area contributed by atoms with Crippen LogP contribution in [-0.2, 0) is 4.79 Å². The molecule has 0 spiro atoms. The fourth-order valence-corrected chi connectivity index (χ4v) is 2.45. The van der Waals surface area contributed by atoms with Gasteiger partial charge in [-0.3, -0.25) is 4.79 Å². The highest BCUT2D eigenvalue weighted by molar-refractivity contribution is 6.30. The molecule has 1 aromatic rings. The molecule has 1 aliphatic heterocycles. The molecule has 3 nitrogen and oxygen atoms in total. The molecule has 0 aliphatic carbocycles. The third-order valence-electron chi connectivity index (χ3n) is 3.70.